The number of carboxylic acid groups (broad SMARTS) is 1. The largest absolute Gasteiger partial charge is 0.481 e. The lowest BCUT2D eigenvalue weighted by Gasteiger charge is -2.40. The molecule has 0 amide bonds. The molecule has 2 aliphatic rings. The number of carbonyl (C=O) groups is 1. The molecule has 1 N–H and O–H groups in total. The number of rotatable bonds is 4. The molecule has 0 aromatic carbocycles. The van der Waals surface area contributed by atoms with Gasteiger partial charge in [-0.1, -0.05) is 13.8 Å². The Labute approximate surface area is 192 Å². The molecule has 1 atom stereocenters. The van der Waals surface area contributed by atoms with Crippen LogP contribution < -0.4 is 4.90 Å². The fourth-order valence-corrected chi connectivity index (χ4v) is 5.62. The number of halogens is 3. The van der Waals surface area contributed by atoms with Gasteiger partial charge in [-0.2, -0.15) is 22.8 Å². The quantitative estimate of drug-likeness (QED) is 0.627. The van der Waals surface area contributed by atoms with E-state index in [1.807, 2.05) is 13.0 Å². The van der Waals surface area contributed by atoms with Gasteiger partial charge in [0.2, 0.25) is 0 Å². The molecule has 0 spiro atoms. The van der Waals surface area contributed by atoms with E-state index in [4.69, 9.17) is 10.1 Å². The molecule has 33 heavy (non-hydrogen) atoms. The lowest BCUT2D eigenvalue weighted by molar-refractivity contribution is -0.182. The number of nitrogens with zero attached hydrogens (tertiary/aromatic N) is 4. The smallest absolute Gasteiger partial charge is 0.391 e. The van der Waals surface area contributed by atoms with E-state index >= 15 is 0 Å². The Bertz CT molecular complexity index is 1040. The Morgan fingerprint density at radius 3 is 2.48 bits per heavy atom. The summed E-state index contributed by atoms with van der Waals surface area (Å²) in [7, 11) is 0. The van der Waals surface area contributed by atoms with Gasteiger partial charge >= 0.3 is 12.1 Å². The summed E-state index contributed by atoms with van der Waals surface area (Å²) in [5, 5.41) is 14.7. The summed E-state index contributed by atoms with van der Waals surface area (Å²) < 4.78 is 41.1. The summed E-state index contributed by atoms with van der Waals surface area (Å²) in [5.74, 6) is -1.02. The van der Waals surface area contributed by atoms with Crippen LogP contribution in [0, 0.1) is 18.3 Å². The molecular weight excluding hydrogens is 433 g/mol. The van der Waals surface area contributed by atoms with E-state index in [0.717, 1.165) is 35.7 Å². The van der Waals surface area contributed by atoms with Crippen molar-refractivity contribution in [1.29, 1.82) is 0 Å². The van der Waals surface area contributed by atoms with Crippen molar-refractivity contribution in [2.24, 2.45) is 11.3 Å². The van der Waals surface area contributed by atoms with Crippen LogP contribution in [0.4, 0.5) is 19.0 Å². The summed E-state index contributed by atoms with van der Waals surface area (Å²) in [4.78, 5) is 18.9. The normalized spacial score (nSPS) is 26.8. The maximum Gasteiger partial charge on any atom is 0.391 e. The average molecular weight is 467 g/mol. The molecule has 1 aliphatic heterocycles. The topological polar surface area (TPSA) is 70.7 Å². The maximum atomic E-state index is 13.1. The first kappa shape index (κ1) is 23.8. The third-order valence-electron chi connectivity index (χ3n) is 7.52. The highest BCUT2D eigenvalue weighted by Gasteiger charge is 2.42. The molecule has 2 aromatic heterocycles. The van der Waals surface area contributed by atoms with E-state index in [2.05, 4.69) is 18.7 Å². The van der Waals surface area contributed by atoms with Crippen LogP contribution in [0.3, 0.4) is 0 Å². The van der Waals surface area contributed by atoms with E-state index in [9.17, 15) is 23.1 Å². The molecule has 0 unspecified atom stereocenters. The Kier molecular flexibility index (Phi) is 6.12. The minimum atomic E-state index is -4.13. The zero-order valence-electron chi connectivity index (χ0n) is 19.7. The first-order valence-electron chi connectivity index (χ1n) is 11.9. The molecular formula is C24H33F3N4O2. The number of aliphatic carboxylic acids is 1. The lowest BCUT2D eigenvalue weighted by atomic mass is 9.80. The van der Waals surface area contributed by atoms with Gasteiger partial charge in [-0.05, 0) is 58.3 Å². The zero-order chi connectivity index (χ0) is 24.1. The second kappa shape index (κ2) is 8.47. The van der Waals surface area contributed by atoms with Gasteiger partial charge in [-0.3, -0.25) is 4.79 Å². The Morgan fingerprint density at radius 2 is 1.91 bits per heavy atom. The van der Waals surface area contributed by atoms with E-state index in [1.165, 1.54) is 0 Å². The van der Waals surface area contributed by atoms with E-state index < -0.39 is 23.5 Å². The van der Waals surface area contributed by atoms with Gasteiger partial charge in [-0.25, -0.2) is 4.98 Å². The van der Waals surface area contributed by atoms with Crippen LogP contribution in [0.2, 0.25) is 0 Å². The molecule has 0 bridgehead atoms. The highest BCUT2D eigenvalue weighted by Crippen LogP contribution is 2.43. The van der Waals surface area contributed by atoms with Crippen LogP contribution in [0.1, 0.15) is 88.1 Å². The third kappa shape index (κ3) is 4.43. The molecule has 1 aliphatic carbocycles. The molecule has 2 aromatic rings. The highest BCUT2D eigenvalue weighted by atomic mass is 19.4. The van der Waals surface area contributed by atoms with E-state index in [-0.39, 0.29) is 24.7 Å². The Balaban J connectivity index is 1.74. The number of piperidine rings is 1. The number of hydrogen-bond donors (Lipinski definition) is 1. The van der Waals surface area contributed by atoms with Crippen LogP contribution in [-0.2, 0) is 4.79 Å². The van der Waals surface area contributed by atoms with Crippen LogP contribution in [0.15, 0.2) is 6.07 Å². The van der Waals surface area contributed by atoms with Gasteiger partial charge in [0.15, 0.2) is 5.65 Å². The van der Waals surface area contributed by atoms with Crippen molar-refractivity contribution in [2.45, 2.75) is 84.2 Å². The number of alkyl halides is 3. The van der Waals surface area contributed by atoms with Gasteiger partial charge in [0.25, 0.3) is 0 Å². The van der Waals surface area contributed by atoms with E-state index in [1.54, 1.807) is 11.4 Å². The van der Waals surface area contributed by atoms with Crippen molar-refractivity contribution in [3.63, 3.8) is 0 Å². The number of fused-ring (bicyclic) bond motifs is 1. The minimum Gasteiger partial charge on any atom is -0.481 e. The predicted octanol–water partition coefficient (Wildman–Crippen LogP) is 5.69. The van der Waals surface area contributed by atoms with Crippen molar-refractivity contribution >= 4 is 17.4 Å². The Hall–Kier alpha value is -2.32. The lowest BCUT2D eigenvalue weighted by Crippen LogP contribution is -2.47. The third-order valence-corrected chi connectivity index (χ3v) is 7.52. The van der Waals surface area contributed by atoms with Crippen LogP contribution in [0.5, 0.6) is 0 Å². The summed E-state index contributed by atoms with van der Waals surface area (Å²) in [6.45, 7) is 9.03. The highest BCUT2D eigenvalue weighted by molar-refractivity contribution is 5.75. The number of aryl methyl sites for hydroxylation is 1. The van der Waals surface area contributed by atoms with Crippen LogP contribution >= 0.6 is 0 Å². The van der Waals surface area contributed by atoms with Crippen molar-refractivity contribution in [2.75, 3.05) is 18.0 Å². The van der Waals surface area contributed by atoms with Gasteiger partial charge < -0.3 is 10.0 Å². The average Bonchev–Trinajstić information content (AvgIpc) is 3.15. The second-order valence-corrected chi connectivity index (χ2v) is 10.4. The fraction of sp³-hybridized carbons (Fsp3) is 0.708. The maximum absolute atomic E-state index is 13.1. The van der Waals surface area contributed by atoms with Gasteiger partial charge in [-0.15, -0.1) is 0 Å². The molecule has 9 heteroatoms. The summed E-state index contributed by atoms with van der Waals surface area (Å²) in [6.07, 6.45) is -1.58. The molecule has 1 saturated heterocycles. The summed E-state index contributed by atoms with van der Waals surface area (Å²) in [6, 6.07) is 1.90. The summed E-state index contributed by atoms with van der Waals surface area (Å²) in [5.41, 5.74) is 2.52. The molecule has 4 rings (SSSR count). The van der Waals surface area contributed by atoms with Crippen molar-refractivity contribution in [3.8, 4) is 0 Å². The fourth-order valence-electron chi connectivity index (χ4n) is 5.62. The number of aromatic nitrogens is 3. The van der Waals surface area contributed by atoms with Gasteiger partial charge in [0, 0.05) is 36.3 Å². The number of anilines is 1. The molecule has 3 heterocycles. The van der Waals surface area contributed by atoms with E-state index in [0.29, 0.717) is 31.5 Å². The van der Waals surface area contributed by atoms with Crippen molar-refractivity contribution in [1.82, 2.24) is 14.6 Å². The monoisotopic (exact) mass is 466 g/mol. The molecule has 6 nitrogen and oxygen atoms in total. The first-order valence-corrected chi connectivity index (χ1v) is 11.9. The van der Waals surface area contributed by atoms with Gasteiger partial charge in [0.1, 0.15) is 5.82 Å². The molecule has 182 valence electrons. The second-order valence-electron chi connectivity index (χ2n) is 10.4. The minimum absolute atomic E-state index is 0.0217. The van der Waals surface area contributed by atoms with Gasteiger partial charge in [0.05, 0.1) is 17.0 Å². The molecule has 2 fully saturated rings. The van der Waals surface area contributed by atoms with Crippen LogP contribution in [0.25, 0.3) is 5.65 Å². The SMILES string of the molecule is Cc1nc2cc(C3CCC(C(F)(F)F)CC3)nn2c(N2CCC[C@](C)(C(=O)O)C2)c1C(C)C. The first-order chi connectivity index (χ1) is 15.4. The van der Waals surface area contributed by atoms with Crippen molar-refractivity contribution < 1.29 is 23.1 Å². The zero-order valence-corrected chi connectivity index (χ0v) is 19.7. The van der Waals surface area contributed by atoms with Crippen molar-refractivity contribution in [3.05, 3.63) is 23.0 Å². The molecule has 0 radical (unpaired) electrons. The van der Waals surface area contributed by atoms with Crippen LogP contribution in [-0.4, -0.2) is 44.9 Å². The number of hydrogen-bond acceptors (Lipinski definition) is 4. The predicted molar refractivity (Wildman–Crippen MR) is 120 cm³/mol. The molecule has 1 saturated carbocycles. The summed E-state index contributed by atoms with van der Waals surface area (Å²) >= 11 is 0. The standard InChI is InChI=1S/C24H33F3N4O2/c1-14(2)20-15(3)28-19-12-18(16-6-8-17(9-7-16)24(25,26)27)29-31(19)21(20)30-11-5-10-23(4,13-30)22(32)33/h12,14,16-17H,5-11,13H2,1-4H3,(H,32,33)/t16?,17?,23-/m0/s1. The Morgan fingerprint density at radius 1 is 1.24 bits per heavy atom. The number of carboxylic acids is 1.